The molecule has 0 aliphatic heterocycles. The number of carbonyl (C=O) groups is 1. The molecular formula is C17H29IN4O2. The van der Waals surface area contributed by atoms with Gasteiger partial charge in [-0.2, -0.15) is 0 Å². The number of amides is 1. The molecule has 0 aliphatic rings. The molecule has 0 saturated heterocycles. The van der Waals surface area contributed by atoms with Crippen LogP contribution in [0.2, 0.25) is 0 Å². The first-order chi connectivity index (χ1) is 11.1. The van der Waals surface area contributed by atoms with E-state index in [9.17, 15) is 4.79 Å². The van der Waals surface area contributed by atoms with Crippen LogP contribution in [0, 0.1) is 0 Å². The van der Waals surface area contributed by atoms with Gasteiger partial charge in [0.05, 0.1) is 7.11 Å². The van der Waals surface area contributed by atoms with Gasteiger partial charge in [0.25, 0.3) is 0 Å². The van der Waals surface area contributed by atoms with Gasteiger partial charge >= 0.3 is 0 Å². The molecule has 136 valence electrons. The molecule has 0 fully saturated rings. The summed E-state index contributed by atoms with van der Waals surface area (Å²) in [5.74, 6) is 1.53. The van der Waals surface area contributed by atoms with Crippen molar-refractivity contribution in [3.8, 4) is 5.75 Å². The number of nitrogens with one attached hydrogen (secondary N) is 2. The molecular weight excluding hydrogens is 419 g/mol. The van der Waals surface area contributed by atoms with Crippen LogP contribution < -0.4 is 15.4 Å². The molecule has 0 bridgehead atoms. The van der Waals surface area contributed by atoms with E-state index in [-0.39, 0.29) is 36.4 Å². The summed E-state index contributed by atoms with van der Waals surface area (Å²) in [5, 5.41) is 6.48. The Morgan fingerprint density at radius 3 is 2.50 bits per heavy atom. The number of hydrogen-bond acceptors (Lipinski definition) is 3. The topological polar surface area (TPSA) is 66.0 Å². The van der Waals surface area contributed by atoms with Gasteiger partial charge in [0.1, 0.15) is 12.3 Å². The average molecular weight is 448 g/mol. The SMILES string of the molecule is CCCNC(=NCC(=O)N(C)C)NCCc1ccccc1OC.I. The van der Waals surface area contributed by atoms with Gasteiger partial charge in [-0.15, -0.1) is 24.0 Å². The molecule has 6 nitrogen and oxygen atoms in total. The third-order valence-corrected chi connectivity index (χ3v) is 3.29. The molecule has 0 heterocycles. The molecule has 0 saturated carbocycles. The van der Waals surface area contributed by atoms with E-state index in [4.69, 9.17) is 4.74 Å². The number of nitrogens with zero attached hydrogens (tertiary/aromatic N) is 2. The van der Waals surface area contributed by atoms with Crippen molar-refractivity contribution < 1.29 is 9.53 Å². The van der Waals surface area contributed by atoms with Crippen LogP contribution in [0.5, 0.6) is 5.75 Å². The van der Waals surface area contributed by atoms with Gasteiger partial charge in [-0.25, -0.2) is 4.99 Å². The number of halogens is 1. The van der Waals surface area contributed by atoms with Crippen LogP contribution in [0.1, 0.15) is 18.9 Å². The molecule has 0 radical (unpaired) electrons. The summed E-state index contributed by atoms with van der Waals surface area (Å²) in [6.07, 6.45) is 1.81. The predicted molar refractivity (Wildman–Crippen MR) is 109 cm³/mol. The van der Waals surface area contributed by atoms with Crippen molar-refractivity contribution in [3.05, 3.63) is 29.8 Å². The number of para-hydroxylation sites is 1. The molecule has 1 amide bonds. The van der Waals surface area contributed by atoms with Gasteiger partial charge < -0.3 is 20.3 Å². The number of ether oxygens (including phenoxy) is 1. The van der Waals surface area contributed by atoms with E-state index in [0.717, 1.165) is 30.7 Å². The highest BCUT2D eigenvalue weighted by molar-refractivity contribution is 14.0. The van der Waals surface area contributed by atoms with Crippen LogP contribution in [0.4, 0.5) is 0 Å². The minimum absolute atomic E-state index is 0. The van der Waals surface area contributed by atoms with Crippen LogP contribution in [0.3, 0.4) is 0 Å². The van der Waals surface area contributed by atoms with E-state index in [0.29, 0.717) is 12.5 Å². The number of guanidine groups is 1. The van der Waals surface area contributed by atoms with Crippen LogP contribution >= 0.6 is 24.0 Å². The van der Waals surface area contributed by atoms with E-state index >= 15 is 0 Å². The summed E-state index contributed by atoms with van der Waals surface area (Å²) in [5.41, 5.74) is 1.14. The van der Waals surface area contributed by atoms with Crippen LogP contribution in [0.15, 0.2) is 29.3 Å². The van der Waals surface area contributed by atoms with Crippen molar-refractivity contribution in [2.45, 2.75) is 19.8 Å². The number of carbonyl (C=O) groups excluding carboxylic acids is 1. The van der Waals surface area contributed by atoms with E-state index in [1.54, 1.807) is 21.2 Å². The van der Waals surface area contributed by atoms with Crippen molar-refractivity contribution in [1.82, 2.24) is 15.5 Å². The first kappa shape index (κ1) is 22.5. The molecule has 0 spiro atoms. The van der Waals surface area contributed by atoms with Crippen LogP contribution in [-0.4, -0.2) is 57.6 Å². The van der Waals surface area contributed by atoms with Crippen molar-refractivity contribution in [2.24, 2.45) is 4.99 Å². The summed E-state index contributed by atoms with van der Waals surface area (Å²) in [7, 11) is 5.13. The largest absolute Gasteiger partial charge is 0.496 e. The zero-order valence-electron chi connectivity index (χ0n) is 15.0. The van der Waals surface area contributed by atoms with Crippen LogP contribution in [0.25, 0.3) is 0 Å². The third-order valence-electron chi connectivity index (χ3n) is 3.29. The molecule has 0 unspecified atom stereocenters. The Labute approximate surface area is 162 Å². The Kier molecular flexibility index (Phi) is 12.0. The number of aliphatic imine (C=N–C) groups is 1. The predicted octanol–water partition coefficient (Wildman–Crippen LogP) is 1.89. The van der Waals surface area contributed by atoms with Crippen LogP contribution in [-0.2, 0) is 11.2 Å². The molecule has 2 N–H and O–H groups in total. The first-order valence-electron chi connectivity index (χ1n) is 7.92. The second-order valence-electron chi connectivity index (χ2n) is 5.37. The summed E-state index contributed by atoms with van der Waals surface area (Å²) in [6.45, 7) is 3.76. The molecule has 0 aliphatic carbocycles. The van der Waals surface area contributed by atoms with E-state index < -0.39 is 0 Å². The lowest BCUT2D eigenvalue weighted by Gasteiger charge is -2.14. The molecule has 1 rings (SSSR count). The lowest BCUT2D eigenvalue weighted by atomic mass is 10.1. The van der Waals surface area contributed by atoms with Crippen molar-refractivity contribution >= 4 is 35.8 Å². The van der Waals surface area contributed by atoms with Gasteiger partial charge in [-0.05, 0) is 24.5 Å². The van der Waals surface area contributed by atoms with Gasteiger partial charge in [0.2, 0.25) is 5.91 Å². The molecule has 0 atom stereocenters. The third kappa shape index (κ3) is 8.37. The Hall–Kier alpha value is -1.51. The summed E-state index contributed by atoms with van der Waals surface area (Å²) in [6, 6.07) is 7.96. The highest BCUT2D eigenvalue weighted by Crippen LogP contribution is 2.17. The average Bonchev–Trinajstić information content (AvgIpc) is 2.56. The highest BCUT2D eigenvalue weighted by atomic mass is 127. The van der Waals surface area contributed by atoms with Gasteiger partial charge in [0.15, 0.2) is 5.96 Å². The maximum absolute atomic E-state index is 11.6. The normalized spacial score (nSPS) is 10.6. The Balaban J connectivity index is 0.00000529. The van der Waals surface area contributed by atoms with Gasteiger partial charge in [-0.3, -0.25) is 4.79 Å². The van der Waals surface area contributed by atoms with E-state index in [1.165, 1.54) is 4.90 Å². The summed E-state index contributed by atoms with van der Waals surface area (Å²) < 4.78 is 5.35. The van der Waals surface area contributed by atoms with Crippen molar-refractivity contribution in [2.75, 3.05) is 40.8 Å². The number of rotatable bonds is 8. The fraction of sp³-hybridized carbons (Fsp3) is 0.529. The smallest absolute Gasteiger partial charge is 0.243 e. The van der Waals surface area contributed by atoms with E-state index in [2.05, 4.69) is 22.5 Å². The minimum atomic E-state index is -0.0210. The number of methoxy groups -OCH3 is 1. The zero-order valence-corrected chi connectivity index (χ0v) is 17.3. The van der Waals surface area contributed by atoms with Crippen molar-refractivity contribution in [1.29, 1.82) is 0 Å². The zero-order chi connectivity index (χ0) is 17.1. The maximum Gasteiger partial charge on any atom is 0.243 e. The molecule has 1 aromatic carbocycles. The van der Waals surface area contributed by atoms with Crippen molar-refractivity contribution in [3.63, 3.8) is 0 Å². The Morgan fingerprint density at radius 1 is 1.21 bits per heavy atom. The number of hydrogen-bond donors (Lipinski definition) is 2. The van der Waals surface area contributed by atoms with Gasteiger partial charge in [0, 0.05) is 27.2 Å². The molecule has 24 heavy (non-hydrogen) atoms. The minimum Gasteiger partial charge on any atom is -0.496 e. The summed E-state index contributed by atoms with van der Waals surface area (Å²) >= 11 is 0. The first-order valence-corrected chi connectivity index (χ1v) is 7.92. The summed E-state index contributed by atoms with van der Waals surface area (Å²) in [4.78, 5) is 17.5. The Bertz CT molecular complexity index is 521. The second kappa shape index (κ2) is 12.9. The lowest BCUT2D eigenvalue weighted by molar-refractivity contribution is -0.127. The maximum atomic E-state index is 11.6. The monoisotopic (exact) mass is 448 g/mol. The number of likely N-dealkylation sites (N-methyl/N-ethyl adjacent to an activating group) is 1. The molecule has 7 heteroatoms. The fourth-order valence-corrected chi connectivity index (χ4v) is 1.93. The fourth-order valence-electron chi connectivity index (χ4n) is 1.93. The molecule has 0 aromatic heterocycles. The molecule has 1 aromatic rings. The lowest BCUT2D eigenvalue weighted by Crippen LogP contribution is -2.39. The standard InChI is InChI=1S/C17H28N4O2.HI/c1-5-11-18-17(20-13-16(22)21(2)3)19-12-10-14-8-6-7-9-15(14)23-4;/h6-9H,5,10-13H2,1-4H3,(H2,18,19,20);1H. The quantitative estimate of drug-likeness (QED) is 0.362. The van der Waals surface area contributed by atoms with Gasteiger partial charge in [-0.1, -0.05) is 25.1 Å². The Morgan fingerprint density at radius 2 is 1.88 bits per heavy atom. The highest BCUT2D eigenvalue weighted by Gasteiger charge is 2.05. The second-order valence-corrected chi connectivity index (χ2v) is 5.37. The number of benzene rings is 1. The van der Waals surface area contributed by atoms with E-state index in [1.807, 2.05) is 24.3 Å².